The van der Waals surface area contributed by atoms with Gasteiger partial charge in [0, 0.05) is 17.5 Å². The molecule has 2 aromatic heterocycles. The van der Waals surface area contributed by atoms with Gasteiger partial charge < -0.3 is 5.11 Å². The monoisotopic (exact) mass is 447 g/mol. The number of H-pyrrole nitrogens is 1. The summed E-state index contributed by atoms with van der Waals surface area (Å²) >= 11 is 0. The van der Waals surface area contributed by atoms with Crippen LogP contribution in [0.5, 0.6) is 0 Å². The summed E-state index contributed by atoms with van der Waals surface area (Å²) < 4.78 is 39.1. The van der Waals surface area contributed by atoms with Crippen molar-refractivity contribution in [2.75, 3.05) is 0 Å². The molecule has 0 aliphatic heterocycles. The average molecular weight is 447 g/mol. The predicted molar refractivity (Wildman–Crippen MR) is 107 cm³/mol. The Labute approximate surface area is 178 Å². The number of benzene rings is 1. The Morgan fingerprint density at radius 1 is 1.12 bits per heavy atom. The number of carboxylic acids is 1. The van der Waals surface area contributed by atoms with Crippen molar-refractivity contribution in [1.29, 1.82) is 0 Å². The van der Waals surface area contributed by atoms with Crippen LogP contribution in [0.2, 0.25) is 0 Å². The van der Waals surface area contributed by atoms with Crippen LogP contribution in [0.1, 0.15) is 44.5 Å². The molecule has 1 amide bonds. The van der Waals surface area contributed by atoms with E-state index in [1.54, 1.807) is 6.92 Å². The van der Waals surface area contributed by atoms with Crippen molar-refractivity contribution in [3.05, 3.63) is 80.9 Å². The van der Waals surface area contributed by atoms with Gasteiger partial charge in [-0.2, -0.15) is 18.3 Å². The lowest BCUT2D eigenvalue weighted by Crippen LogP contribution is -2.24. The quantitative estimate of drug-likeness (QED) is 0.409. The molecule has 0 atom stereocenters. The van der Waals surface area contributed by atoms with Gasteiger partial charge in [-0.05, 0) is 50.2 Å². The van der Waals surface area contributed by atoms with Gasteiger partial charge in [0.25, 0.3) is 11.5 Å². The largest absolute Gasteiger partial charge is 0.478 e. The van der Waals surface area contributed by atoms with Crippen LogP contribution >= 0.6 is 0 Å². The highest BCUT2D eigenvalue weighted by atomic mass is 19.4. The van der Waals surface area contributed by atoms with Crippen LogP contribution in [0.15, 0.2) is 52.5 Å². The molecule has 0 saturated carbocycles. The van der Waals surface area contributed by atoms with Gasteiger partial charge in [0.2, 0.25) is 0 Å². The number of nitrogens with one attached hydrogen (secondary N) is 2. The number of aryl methyl sites for hydroxylation is 1. The minimum Gasteiger partial charge on any atom is -0.478 e. The molecule has 0 bridgehead atoms. The maximum Gasteiger partial charge on any atom is 0.417 e. The Morgan fingerprint density at radius 2 is 1.75 bits per heavy atom. The number of alkyl halides is 3. The van der Waals surface area contributed by atoms with Crippen molar-refractivity contribution in [3.63, 3.8) is 0 Å². The predicted octanol–water partition coefficient (Wildman–Crippen LogP) is 2.74. The van der Waals surface area contributed by atoms with E-state index in [-0.39, 0.29) is 28.2 Å². The van der Waals surface area contributed by atoms with E-state index in [9.17, 15) is 27.6 Å². The Hall–Kier alpha value is -4.22. The number of pyridine rings is 1. The maximum absolute atomic E-state index is 12.7. The van der Waals surface area contributed by atoms with E-state index < -0.39 is 29.2 Å². The molecule has 0 saturated heterocycles. The van der Waals surface area contributed by atoms with Crippen LogP contribution < -0.4 is 11.0 Å². The first-order valence-electron chi connectivity index (χ1n) is 9.02. The third kappa shape index (κ3) is 4.58. The molecule has 32 heavy (non-hydrogen) atoms. The summed E-state index contributed by atoms with van der Waals surface area (Å²) in [6.07, 6.45) is -3.93. The molecule has 166 valence electrons. The SMILES string of the molecule is CC(=NNC(=O)c1ccc(C(=O)O)cc1)c1c(C)[nH]n(-c2ccc(C(F)(F)F)cn2)c1=O. The van der Waals surface area contributed by atoms with Crippen molar-refractivity contribution in [2.45, 2.75) is 20.0 Å². The fourth-order valence-corrected chi connectivity index (χ4v) is 2.84. The summed E-state index contributed by atoms with van der Waals surface area (Å²) in [6, 6.07) is 7.02. The van der Waals surface area contributed by atoms with E-state index in [1.807, 2.05) is 0 Å². The number of amides is 1. The number of halogens is 3. The third-order valence-electron chi connectivity index (χ3n) is 4.46. The lowest BCUT2D eigenvalue weighted by atomic mass is 10.1. The molecular weight excluding hydrogens is 431 g/mol. The number of hydrogen-bond donors (Lipinski definition) is 3. The fourth-order valence-electron chi connectivity index (χ4n) is 2.84. The molecule has 3 rings (SSSR count). The Morgan fingerprint density at radius 3 is 2.28 bits per heavy atom. The van der Waals surface area contributed by atoms with E-state index in [0.717, 1.165) is 16.8 Å². The second-order valence-electron chi connectivity index (χ2n) is 6.68. The Bertz CT molecular complexity index is 1260. The Balaban J connectivity index is 1.83. The number of carboxylic acid groups (broad SMARTS) is 1. The summed E-state index contributed by atoms with van der Waals surface area (Å²) in [5.41, 5.74) is 1.49. The molecular formula is C20H16F3N5O4. The van der Waals surface area contributed by atoms with E-state index in [2.05, 4.69) is 20.6 Å². The number of aromatic amines is 1. The lowest BCUT2D eigenvalue weighted by molar-refractivity contribution is -0.137. The minimum absolute atomic E-state index is 0.0154. The third-order valence-corrected chi connectivity index (χ3v) is 4.46. The number of hydrazone groups is 1. The van der Waals surface area contributed by atoms with E-state index in [1.165, 1.54) is 31.2 Å². The van der Waals surface area contributed by atoms with Crippen LogP contribution in [0.25, 0.3) is 5.82 Å². The zero-order valence-corrected chi connectivity index (χ0v) is 16.7. The summed E-state index contributed by atoms with van der Waals surface area (Å²) in [5, 5.41) is 15.5. The average Bonchev–Trinajstić information content (AvgIpc) is 3.05. The molecule has 1 aromatic carbocycles. The highest BCUT2D eigenvalue weighted by Gasteiger charge is 2.31. The zero-order valence-electron chi connectivity index (χ0n) is 16.7. The molecule has 0 aliphatic carbocycles. The molecule has 9 nitrogen and oxygen atoms in total. The molecule has 0 aliphatic rings. The van der Waals surface area contributed by atoms with Crippen molar-refractivity contribution >= 4 is 17.6 Å². The summed E-state index contributed by atoms with van der Waals surface area (Å²) in [4.78, 5) is 39.5. The normalized spacial score (nSPS) is 12.0. The van der Waals surface area contributed by atoms with Crippen LogP contribution in [-0.2, 0) is 6.18 Å². The van der Waals surface area contributed by atoms with Crippen molar-refractivity contribution in [3.8, 4) is 5.82 Å². The number of aromatic carboxylic acids is 1. The standard InChI is InChI=1S/C20H16F3N5O4/c1-10(25-26-17(29)12-3-5-13(6-4-12)19(31)32)16-11(2)27-28(18(16)30)15-8-7-14(9-24-15)20(21,22)23/h3-9,27H,1-2H3,(H,26,29)(H,31,32). The van der Waals surface area contributed by atoms with Gasteiger partial charge in [-0.3, -0.25) is 14.7 Å². The maximum atomic E-state index is 12.7. The number of hydrogen-bond acceptors (Lipinski definition) is 5. The molecule has 0 spiro atoms. The second kappa shape index (κ2) is 8.49. The molecule has 2 heterocycles. The van der Waals surface area contributed by atoms with Crippen LogP contribution in [0.4, 0.5) is 13.2 Å². The van der Waals surface area contributed by atoms with E-state index >= 15 is 0 Å². The van der Waals surface area contributed by atoms with Crippen molar-refractivity contribution in [2.24, 2.45) is 5.10 Å². The minimum atomic E-state index is -4.55. The second-order valence-corrected chi connectivity index (χ2v) is 6.68. The Kier molecular flexibility index (Phi) is 5.96. The van der Waals surface area contributed by atoms with Gasteiger partial charge >= 0.3 is 12.1 Å². The number of nitrogens with zero attached hydrogens (tertiary/aromatic N) is 3. The van der Waals surface area contributed by atoms with Gasteiger partial charge in [-0.1, -0.05) is 0 Å². The van der Waals surface area contributed by atoms with Crippen molar-refractivity contribution in [1.82, 2.24) is 20.2 Å². The first kappa shape index (κ1) is 22.5. The van der Waals surface area contributed by atoms with Gasteiger partial charge in [-0.25, -0.2) is 19.9 Å². The molecule has 0 radical (unpaired) electrons. The molecule has 0 unspecified atom stereocenters. The first-order valence-corrected chi connectivity index (χ1v) is 9.02. The number of carbonyl (C=O) groups excluding carboxylic acids is 1. The summed E-state index contributed by atoms with van der Waals surface area (Å²) in [5.74, 6) is -1.81. The van der Waals surface area contributed by atoms with Crippen LogP contribution in [0.3, 0.4) is 0 Å². The van der Waals surface area contributed by atoms with Gasteiger partial charge in [-0.15, -0.1) is 0 Å². The fraction of sp³-hybridized carbons (Fsp3) is 0.150. The number of aromatic nitrogens is 3. The van der Waals surface area contributed by atoms with Gasteiger partial charge in [0.15, 0.2) is 5.82 Å². The number of carbonyl (C=O) groups is 2. The van der Waals surface area contributed by atoms with Crippen molar-refractivity contribution < 1.29 is 27.9 Å². The highest BCUT2D eigenvalue weighted by molar-refractivity contribution is 6.01. The smallest absolute Gasteiger partial charge is 0.417 e. The van der Waals surface area contributed by atoms with Crippen LogP contribution in [0, 0.1) is 6.92 Å². The van der Waals surface area contributed by atoms with Crippen LogP contribution in [-0.4, -0.2) is 37.5 Å². The summed E-state index contributed by atoms with van der Waals surface area (Å²) in [6.45, 7) is 3.03. The molecule has 3 aromatic rings. The lowest BCUT2D eigenvalue weighted by Gasteiger charge is -2.06. The molecule has 0 fully saturated rings. The summed E-state index contributed by atoms with van der Waals surface area (Å²) in [7, 11) is 0. The van der Waals surface area contributed by atoms with E-state index in [0.29, 0.717) is 11.9 Å². The van der Waals surface area contributed by atoms with Gasteiger partial charge in [0.05, 0.1) is 22.4 Å². The topological polar surface area (TPSA) is 129 Å². The molecule has 3 N–H and O–H groups in total. The molecule has 12 heteroatoms. The first-order chi connectivity index (χ1) is 15.0. The van der Waals surface area contributed by atoms with E-state index in [4.69, 9.17) is 5.11 Å². The zero-order chi connectivity index (χ0) is 23.6. The van der Waals surface area contributed by atoms with Gasteiger partial charge in [0.1, 0.15) is 0 Å². The highest BCUT2D eigenvalue weighted by Crippen LogP contribution is 2.28. The number of rotatable bonds is 5.